The maximum atomic E-state index is 4.74. The number of anilines is 2. The summed E-state index contributed by atoms with van der Waals surface area (Å²) in [6.07, 6.45) is 8.01. The van der Waals surface area contributed by atoms with Crippen molar-refractivity contribution in [3.63, 3.8) is 0 Å². The molecule has 2 aliphatic rings. The van der Waals surface area contributed by atoms with Crippen LogP contribution in [0.1, 0.15) is 55.8 Å². The Bertz CT molecular complexity index is 448. The van der Waals surface area contributed by atoms with E-state index in [4.69, 9.17) is 4.98 Å². The Hall–Kier alpha value is -1.32. The Morgan fingerprint density at radius 2 is 1.74 bits per heavy atom. The maximum absolute atomic E-state index is 4.74. The summed E-state index contributed by atoms with van der Waals surface area (Å²) >= 11 is 0. The van der Waals surface area contributed by atoms with Gasteiger partial charge in [-0.2, -0.15) is 0 Å². The van der Waals surface area contributed by atoms with Crippen LogP contribution in [0, 0.1) is 12.8 Å². The molecule has 19 heavy (non-hydrogen) atoms. The van der Waals surface area contributed by atoms with E-state index in [0.29, 0.717) is 5.92 Å². The van der Waals surface area contributed by atoms with E-state index in [1.165, 1.54) is 38.5 Å². The van der Waals surface area contributed by atoms with Gasteiger partial charge in [-0.05, 0) is 38.5 Å². The summed E-state index contributed by atoms with van der Waals surface area (Å²) in [6.45, 7) is 3.16. The van der Waals surface area contributed by atoms with Crippen molar-refractivity contribution in [3.8, 4) is 0 Å². The topological polar surface area (TPSA) is 49.8 Å². The summed E-state index contributed by atoms with van der Waals surface area (Å²) in [5, 5.41) is 6.76. The first kappa shape index (κ1) is 12.7. The number of hydrogen-bond acceptors (Lipinski definition) is 4. The summed E-state index contributed by atoms with van der Waals surface area (Å²) < 4.78 is 0. The Labute approximate surface area is 115 Å². The van der Waals surface area contributed by atoms with Gasteiger partial charge in [0.05, 0.1) is 0 Å². The van der Waals surface area contributed by atoms with Crippen molar-refractivity contribution in [3.05, 3.63) is 11.4 Å². The second-order valence-corrected chi connectivity index (χ2v) is 5.96. The number of nitrogens with one attached hydrogen (secondary N) is 2. The van der Waals surface area contributed by atoms with Gasteiger partial charge in [0.2, 0.25) is 0 Å². The van der Waals surface area contributed by atoms with Crippen LogP contribution in [0.2, 0.25) is 0 Å². The van der Waals surface area contributed by atoms with Crippen molar-refractivity contribution < 1.29 is 0 Å². The normalized spacial score (nSPS) is 19.7. The Kier molecular flexibility index (Phi) is 3.58. The molecule has 2 saturated carbocycles. The van der Waals surface area contributed by atoms with Crippen molar-refractivity contribution in [1.82, 2.24) is 9.97 Å². The molecule has 0 radical (unpaired) electrons. The molecule has 0 bridgehead atoms. The van der Waals surface area contributed by atoms with Gasteiger partial charge in [-0.25, -0.2) is 9.97 Å². The van der Waals surface area contributed by atoms with Crippen molar-refractivity contribution in [2.75, 3.05) is 24.2 Å². The van der Waals surface area contributed by atoms with Crippen LogP contribution >= 0.6 is 0 Å². The molecular formula is C15H24N4. The highest BCUT2D eigenvalue weighted by Gasteiger charge is 2.28. The molecule has 3 rings (SSSR count). The van der Waals surface area contributed by atoms with E-state index in [9.17, 15) is 0 Å². The lowest BCUT2D eigenvalue weighted by molar-refractivity contribution is 0.578. The van der Waals surface area contributed by atoms with E-state index in [0.717, 1.165) is 35.5 Å². The van der Waals surface area contributed by atoms with Gasteiger partial charge in [0.15, 0.2) is 0 Å². The molecule has 2 fully saturated rings. The molecular weight excluding hydrogens is 236 g/mol. The summed E-state index contributed by atoms with van der Waals surface area (Å²) in [7, 11) is 1.94. The van der Waals surface area contributed by atoms with Crippen LogP contribution in [-0.2, 0) is 0 Å². The first-order valence-corrected chi connectivity index (χ1v) is 7.58. The minimum absolute atomic E-state index is 0.597. The molecule has 0 aliphatic heterocycles. The lowest BCUT2D eigenvalue weighted by Crippen LogP contribution is -2.15. The predicted molar refractivity (Wildman–Crippen MR) is 78.7 cm³/mol. The Morgan fingerprint density at radius 1 is 1.05 bits per heavy atom. The highest BCUT2D eigenvalue weighted by molar-refractivity contribution is 5.57. The molecule has 4 nitrogen and oxygen atoms in total. The van der Waals surface area contributed by atoms with E-state index >= 15 is 0 Å². The van der Waals surface area contributed by atoms with Gasteiger partial charge in [-0.1, -0.05) is 12.8 Å². The van der Waals surface area contributed by atoms with Crippen LogP contribution in [0.4, 0.5) is 11.6 Å². The second-order valence-electron chi connectivity index (χ2n) is 5.96. The third-order valence-corrected chi connectivity index (χ3v) is 4.38. The summed E-state index contributed by atoms with van der Waals surface area (Å²) in [5.74, 6) is 4.46. The zero-order chi connectivity index (χ0) is 13.2. The first-order chi connectivity index (χ1) is 9.28. The minimum atomic E-state index is 0.597. The molecule has 0 saturated heterocycles. The third-order valence-electron chi connectivity index (χ3n) is 4.38. The fourth-order valence-electron chi connectivity index (χ4n) is 2.93. The second kappa shape index (κ2) is 5.35. The van der Waals surface area contributed by atoms with Crippen molar-refractivity contribution in [2.24, 2.45) is 5.92 Å². The lowest BCUT2D eigenvalue weighted by Gasteiger charge is -2.16. The highest BCUT2D eigenvalue weighted by Crippen LogP contribution is 2.39. The highest BCUT2D eigenvalue weighted by atomic mass is 15.1. The molecule has 0 aromatic carbocycles. The Balaban J connectivity index is 1.75. The van der Waals surface area contributed by atoms with Crippen LogP contribution in [0.15, 0.2) is 0 Å². The fraction of sp³-hybridized carbons (Fsp3) is 0.733. The van der Waals surface area contributed by atoms with E-state index < -0.39 is 0 Å². The zero-order valence-electron chi connectivity index (χ0n) is 12.0. The molecule has 0 atom stereocenters. The van der Waals surface area contributed by atoms with Gasteiger partial charge in [-0.3, -0.25) is 0 Å². The number of rotatable bonds is 5. The smallest absolute Gasteiger partial charge is 0.136 e. The largest absolute Gasteiger partial charge is 0.373 e. The van der Waals surface area contributed by atoms with Gasteiger partial charge < -0.3 is 10.6 Å². The van der Waals surface area contributed by atoms with Crippen LogP contribution in [0.25, 0.3) is 0 Å². The van der Waals surface area contributed by atoms with Gasteiger partial charge in [0, 0.05) is 25.1 Å². The van der Waals surface area contributed by atoms with Crippen LogP contribution in [-0.4, -0.2) is 23.6 Å². The van der Waals surface area contributed by atoms with Crippen LogP contribution in [0.3, 0.4) is 0 Å². The molecule has 0 spiro atoms. The predicted octanol–water partition coefficient (Wildman–Crippen LogP) is 3.31. The van der Waals surface area contributed by atoms with Gasteiger partial charge in [0.25, 0.3) is 0 Å². The number of nitrogens with zero attached hydrogens (tertiary/aromatic N) is 2. The van der Waals surface area contributed by atoms with Gasteiger partial charge >= 0.3 is 0 Å². The SMILES string of the molecule is CNc1nc(C2CC2)nc(NCC2CCCC2)c1C. The quantitative estimate of drug-likeness (QED) is 0.853. The number of hydrogen-bond donors (Lipinski definition) is 2. The van der Waals surface area contributed by atoms with Crippen molar-refractivity contribution >= 4 is 11.6 Å². The molecule has 0 unspecified atom stereocenters. The van der Waals surface area contributed by atoms with Gasteiger partial charge in [-0.15, -0.1) is 0 Å². The van der Waals surface area contributed by atoms with E-state index in [1.54, 1.807) is 0 Å². The molecule has 4 heteroatoms. The Morgan fingerprint density at radius 3 is 2.37 bits per heavy atom. The monoisotopic (exact) mass is 260 g/mol. The molecule has 1 aromatic heterocycles. The van der Waals surface area contributed by atoms with Gasteiger partial charge in [0.1, 0.15) is 17.5 Å². The average Bonchev–Trinajstić information content (AvgIpc) is 3.14. The maximum Gasteiger partial charge on any atom is 0.136 e. The molecule has 0 amide bonds. The molecule has 2 N–H and O–H groups in total. The third kappa shape index (κ3) is 2.82. The van der Waals surface area contributed by atoms with Crippen molar-refractivity contribution in [2.45, 2.75) is 51.4 Å². The summed E-state index contributed by atoms with van der Waals surface area (Å²) in [5.41, 5.74) is 1.14. The van der Waals surface area contributed by atoms with Crippen molar-refractivity contribution in [1.29, 1.82) is 0 Å². The number of aromatic nitrogens is 2. The summed E-state index contributed by atoms with van der Waals surface area (Å²) in [6, 6.07) is 0. The van der Waals surface area contributed by atoms with Crippen LogP contribution < -0.4 is 10.6 Å². The average molecular weight is 260 g/mol. The van der Waals surface area contributed by atoms with E-state index in [-0.39, 0.29) is 0 Å². The molecule has 104 valence electrons. The standard InChI is InChI=1S/C15H24N4/c1-10-13(16-2)18-15(12-7-8-12)19-14(10)17-9-11-5-3-4-6-11/h11-12H,3-9H2,1-2H3,(H2,16,17,18,19). The first-order valence-electron chi connectivity index (χ1n) is 7.58. The molecule has 1 aromatic rings. The molecule has 2 aliphatic carbocycles. The zero-order valence-corrected chi connectivity index (χ0v) is 12.0. The molecule has 1 heterocycles. The van der Waals surface area contributed by atoms with E-state index in [2.05, 4.69) is 22.5 Å². The lowest BCUT2D eigenvalue weighted by atomic mass is 10.1. The van der Waals surface area contributed by atoms with Crippen LogP contribution in [0.5, 0.6) is 0 Å². The summed E-state index contributed by atoms with van der Waals surface area (Å²) in [4.78, 5) is 9.37. The van der Waals surface area contributed by atoms with E-state index in [1.807, 2.05) is 7.05 Å². The fourth-order valence-corrected chi connectivity index (χ4v) is 2.93. The minimum Gasteiger partial charge on any atom is -0.373 e.